The summed E-state index contributed by atoms with van der Waals surface area (Å²) in [6.07, 6.45) is 6.35. The van der Waals surface area contributed by atoms with Gasteiger partial charge in [0.1, 0.15) is 6.29 Å². The molecule has 0 spiro atoms. The lowest BCUT2D eigenvalue weighted by Crippen LogP contribution is -2.26. The van der Waals surface area contributed by atoms with Crippen molar-refractivity contribution < 1.29 is 4.79 Å². The summed E-state index contributed by atoms with van der Waals surface area (Å²) >= 11 is 0. The van der Waals surface area contributed by atoms with Crippen LogP contribution in [0.25, 0.3) is 0 Å². The van der Waals surface area contributed by atoms with Crippen LogP contribution in [0.3, 0.4) is 0 Å². The first-order chi connectivity index (χ1) is 4.74. The SMILES string of the molecule is CC1C=C(C=O)C=CC1N. The Morgan fingerprint density at radius 2 is 2.40 bits per heavy atom. The largest absolute Gasteiger partial charge is 0.324 e. The molecule has 0 heterocycles. The van der Waals surface area contributed by atoms with Crippen LogP contribution in [-0.4, -0.2) is 12.3 Å². The van der Waals surface area contributed by atoms with Crippen LogP contribution in [-0.2, 0) is 4.79 Å². The smallest absolute Gasteiger partial charge is 0.149 e. The molecule has 0 aliphatic heterocycles. The van der Waals surface area contributed by atoms with Crippen molar-refractivity contribution in [1.82, 2.24) is 0 Å². The van der Waals surface area contributed by atoms with Crippen LogP contribution in [0.15, 0.2) is 23.8 Å². The van der Waals surface area contributed by atoms with Crippen LogP contribution in [0.4, 0.5) is 0 Å². The van der Waals surface area contributed by atoms with Gasteiger partial charge in [-0.05, 0) is 5.92 Å². The van der Waals surface area contributed by atoms with Gasteiger partial charge in [-0.15, -0.1) is 0 Å². The fourth-order valence-electron chi connectivity index (χ4n) is 0.946. The number of carbonyl (C=O) groups excluding carboxylic acids is 1. The lowest BCUT2D eigenvalue weighted by Gasteiger charge is -2.16. The Kier molecular flexibility index (Phi) is 2.02. The molecule has 1 rings (SSSR count). The van der Waals surface area contributed by atoms with Crippen molar-refractivity contribution in [2.75, 3.05) is 0 Å². The van der Waals surface area contributed by atoms with Gasteiger partial charge in [-0.2, -0.15) is 0 Å². The van der Waals surface area contributed by atoms with E-state index in [0.29, 0.717) is 0 Å². The molecule has 0 saturated carbocycles. The van der Waals surface area contributed by atoms with Crippen LogP contribution in [0.1, 0.15) is 6.92 Å². The number of nitrogens with two attached hydrogens (primary N) is 1. The van der Waals surface area contributed by atoms with E-state index in [1.54, 1.807) is 6.08 Å². The Bertz CT molecular complexity index is 193. The summed E-state index contributed by atoms with van der Waals surface area (Å²) in [5.74, 6) is 0.283. The molecule has 0 fully saturated rings. The Labute approximate surface area is 60.4 Å². The monoisotopic (exact) mass is 137 g/mol. The second-order valence-corrected chi connectivity index (χ2v) is 2.58. The highest BCUT2D eigenvalue weighted by molar-refractivity contribution is 5.78. The van der Waals surface area contributed by atoms with Gasteiger partial charge in [0, 0.05) is 11.6 Å². The van der Waals surface area contributed by atoms with E-state index in [4.69, 9.17) is 5.73 Å². The van der Waals surface area contributed by atoms with Crippen molar-refractivity contribution in [3.8, 4) is 0 Å². The van der Waals surface area contributed by atoms with Crippen LogP contribution in [0.2, 0.25) is 0 Å². The molecule has 0 radical (unpaired) electrons. The fourth-order valence-corrected chi connectivity index (χ4v) is 0.946. The third kappa shape index (κ3) is 1.33. The van der Waals surface area contributed by atoms with Crippen LogP contribution >= 0.6 is 0 Å². The highest BCUT2D eigenvalue weighted by Gasteiger charge is 2.10. The van der Waals surface area contributed by atoms with Gasteiger partial charge in [0.25, 0.3) is 0 Å². The highest BCUT2D eigenvalue weighted by atomic mass is 16.1. The molecule has 0 aromatic carbocycles. The molecular formula is C8H11NO. The zero-order valence-electron chi connectivity index (χ0n) is 5.95. The minimum atomic E-state index is 0.0729. The molecule has 0 bridgehead atoms. The van der Waals surface area contributed by atoms with Crippen LogP contribution in [0.5, 0.6) is 0 Å². The quantitative estimate of drug-likeness (QED) is 0.539. The lowest BCUT2D eigenvalue weighted by atomic mass is 9.94. The van der Waals surface area contributed by atoms with Gasteiger partial charge in [-0.1, -0.05) is 25.2 Å². The minimum absolute atomic E-state index is 0.0729. The summed E-state index contributed by atoms with van der Waals surface area (Å²) in [4.78, 5) is 10.3. The number of hydrogen-bond donors (Lipinski definition) is 1. The Morgan fingerprint density at radius 1 is 1.70 bits per heavy atom. The second-order valence-electron chi connectivity index (χ2n) is 2.58. The Balaban J connectivity index is 2.75. The summed E-state index contributed by atoms with van der Waals surface area (Å²) in [6.45, 7) is 2.00. The first-order valence-corrected chi connectivity index (χ1v) is 3.35. The van der Waals surface area contributed by atoms with E-state index in [0.717, 1.165) is 11.9 Å². The van der Waals surface area contributed by atoms with Gasteiger partial charge in [-0.3, -0.25) is 4.79 Å². The first-order valence-electron chi connectivity index (χ1n) is 3.35. The van der Waals surface area contributed by atoms with Crippen LogP contribution < -0.4 is 5.73 Å². The molecule has 1 aliphatic carbocycles. The molecule has 2 N–H and O–H groups in total. The molecule has 54 valence electrons. The molecular weight excluding hydrogens is 126 g/mol. The first kappa shape index (κ1) is 7.22. The minimum Gasteiger partial charge on any atom is -0.324 e. The van der Waals surface area contributed by atoms with Gasteiger partial charge in [0.15, 0.2) is 0 Å². The van der Waals surface area contributed by atoms with Crippen molar-refractivity contribution >= 4 is 6.29 Å². The van der Waals surface area contributed by atoms with E-state index in [2.05, 4.69) is 0 Å². The normalized spacial score (nSPS) is 31.6. The summed E-state index contributed by atoms with van der Waals surface area (Å²) in [5.41, 5.74) is 6.38. The predicted octanol–water partition coefficient (Wildman–Crippen LogP) is 0.645. The maximum absolute atomic E-state index is 10.3. The molecule has 2 heteroatoms. The van der Waals surface area contributed by atoms with Crippen molar-refractivity contribution in [2.45, 2.75) is 13.0 Å². The standard InChI is InChI=1S/C8H11NO/c1-6-4-7(5-10)2-3-8(6)9/h2-6,8H,9H2,1H3. The summed E-state index contributed by atoms with van der Waals surface area (Å²) < 4.78 is 0. The van der Waals surface area contributed by atoms with E-state index in [9.17, 15) is 4.79 Å². The van der Waals surface area contributed by atoms with E-state index >= 15 is 0 Å². The van der Waals surface area contributed by atoms with Crippen molar-refractivity contribution in [1.29, 1.82) is 0 Å². The molecule has 0 saturated heterocycles. The third-order valence-electron chi connectivity index (χ3n) is 1.71. The third-order valence-corrected chi connectivity index (χ3v) is 1.71. The number of allylic oxidation sites excluding steroid dienone is 2. The Hall–Kier alpha value is -0.890. The maximum atomic E-state index is 10.3. The van der Waals surface area contributed by atoms with Crippen molar-refractivity contribution in [3.63, 3.8) is 0 Å². The van der Waals surface area contributed by atoms with Crippen molar-refractivity contribution in [3.05, 3.63) is 23.8 Å². The maximum Gasteiger partial charge on any atom is 0.149 e. The molecule has 2 atom stereocenters. The molecule has 0 aromatic heterocycles. The molecule has 0 aromatic rings. The molecule has 2 nitrogen and oxygen atoms in total. The molecule has 2 unspecified atom stereocenters. The van der Waals surface area contributed by atoms with Gasteiger partial charge in [0.2, 0.25) is 0 Å². The second kappa shape index (κ2) is 2.80. The number of aldehydes is 1. The van der Waals surface area contributed by atoms with Gasteiger partial charge in [-0.25, -0.2) is 0 Å². The highest BCUT2D eigenvalue weighted by Crippen LogP contribution is 2.13. The molecule has 10 heavy (non-hydrogen) atoms. The average Bonchev–Trinajstić information content (AvgIpc) is 1.95. The van der Waals surface area contributed by atoms with E-state index < -0.39 is 0 Å². The van der Waals surface area contributed by atoms with E-state index in [-0.39, 0.29) is 12.0 Å². The van der Waals surface area contributed by atoms with Crippen LogP contribution in [0, 0.1) is 5.92 Å². The molecule has 1 aliphatic rings. The van der Waals surface area contributed by atoms with Crippen molar-refractivity contribution in [2.24, 2.45) is 11.7 Å². The summed E-state index contributed by atoms with van der Waals surface area (Å²) in [5, 5.41) is 0. The molecule has 0 amide bonds. The average molecular weight is 137 g/mol. The Morgan fingerprint density at radius 3 is 2.90 bits per heavy atom. The van der Waals surface area contributed by atoms with Gasteiger partial charge < -0.3 is 5.73 Å². The zero-order chi connectivity index (χ0) is 7.56. The number of hydrogen-bond acceptors (Lipinski definition) is 2. The number of rotatable bonds is 1. The zero-order valence-corrected chi connectivity index (χ0v) is 5.95. The van der Waals surface area contributed by atoms with E-state index in [1.165, 1.54) is 0 Å². The summed E-state index contributed by atoms with van der Waals surface area (Å²) in [6, 6.07) is 0.0729. The van der Waals surface area contributed by atoms with E-state index in [1.807, 2.05) is 19.1 Å². The summed E-state index contributed by atoms with van der Waals surface area (Å²) in [7, 11) is 0. The topological polar surface area (TPSA) is 43.1 Å². The van der Waals surface area contributed by atoms with Gasteiger partial charge in [0.05, 0.1) is 0 Å². The fraction of sp³-hybridized carbons (Fsp3) is 0.375. The predicted molar refractivity (Wildman–Crippen MR) is 40.4 cm³/mol. The van der Waals surface area contributed by atoms with Gasteiger partial charge >= 0.3 is 0 Å². The number of carbonyl (C=O) groups is 1. The lowest BCUT2D eigenvalue weighted by molar-refractivity contribution is -0.104.